The van der Waals surface area contributed by atoms with Crippen molar-refractivity contribution >= 4 is 17.2 Å². The lowest BCUT2D eigenvalue weighted by Gasteiger charge is -2.39. The van der Waals surface area contributed by atoms with Crippen LogP contribution in [0, 0.1) is 17.3 Å². The van der Waals surface area contributed by atoms with E-state index in [1.165, 1.54) is 30.6 Å². The van der Waals surface area contributed by atoms with E-state index in [1.54, 1.807) is 0 Å². The molecule has 0 aromatic carbocycles. The molecule has 1 fully saturated rings. The molecule has 1 aromatic rings. The molecule has 0 bridgehead atoms. The smallest absolute Gasteiger partial charge is 0.262 e. The number of carbonyl (C=O) groups is 1. The fraction of sp³-hybridized carbons (Fsp3) is 0.562. The quantitative estimate of drug-likeness (QED) is 0.823. The minimum Gasteiger partial charge on any atom is -0.348 e. The molecule has 2 rings (SSSR count). The Morgan fingerprint density at radius 2 is 2.35 bits per heavy atom. The van der Waals surface area contributed by atoms with Crippen LogP contribution in [0.25, 0.3) is 0 Å². The summed E-state index contributed by atoms with van der Waals surface area (Å²) in [5.74, 6) is 5.78. The minimum atomic E-state index is 0.00120. The van der Waals surface area contributed by atoms with E-state index in [9.17, 15) is 4.79 Å². The van der Waals surface area contributed by atoms with Gasteiger partial charge in [0.15, 0.2) is 0 Å². The van der Waals surface area contributed by atoms with Crippen LogP contribution in [0.3, 0.4) is 0 Å². The van der Waals surface area contributed by atoms with Crippen molar-refractivity contribution in [3.8, 4) is 11.8 Å². The van der Waals surface area contributed by atoms with Gasteiger partial charge in [-0.1, -0.05) is 38.5 Å². The number of amides is 1. The van der Waals surface area contributed by atoms with Crippen LogP contribution in [0.2, 0.25) is 0 Å². The lowest BCUT2D eigenvalue weighted by Crippen LogP contribution is -2.46. The second kappa shape index (κ2) is 6.43. The summed E-state index contributed by atoms with van der Waals surface area (Å²) in [6, 6.07) is 2.13. The van der Waals surface area contributed by atoms with Crippen molar-refractivity contribution in [1.82, 2.24) is 5.32 Å². The maximum Gasteiger partial charge on any atom is 0.262 e. The number of carbonyl (C=O) groups excluding carboxylic acids is 1. The number of thiophene rings is 1. The molecule has 1 aliphatic carbocycles. The highest BCUT2D eigenvalue weighted by Crippen LogP contribution is 2.35. The lowest BCUT2D eigenvalue weighted by atomic mass is 9.73. The van der Waals surface area contributed by atoms with Crippen LogP contribution >= 0.6 is 11.3 Å². The van der Waals surface area contributed by atoms with Crippen molar-refractivity contribution in [3.63, 3.8) is 0 Å². The molecule has 1 aromatic heterocycles. The fourth-order valence-electron chi connectivity index (χ4n) is 2.72. The Labute approximate surface area is 124 Å². The molecule has 1 unspecified atom stereocenters. The molecule has 108 valence electrons. The molecular weight excluding hydrogens is 268 g/mol. The third-order valence-electron chi connectivity index (χ3n) is 4.01. The van der Waals surface area contributed by atoms with Crippen LogP contribution < -0.4 is 11.1 Å². The van der Waals surface area contributed by atoms with Crippen LogP contribution in [0.4, 0.5) is 0 Å². The van der Waals surface area contributed by atoms with Gasteiger partial charge in [-0.25, -0.2) is 0 Å². The molecular formula is C16H22N2OS. The van der Waals surface area contributed by atoms with Crippen LogP contribution in [0.1, 0.15) is 54.8 Å². The maximum atomic E-state index is 12.4. The highest BCUT2D eigenvalue weighted by molar-refractivity contribution is 7.12. The predicted octanol–water partition coefficient (Wildman–Crippen LogP) is 2.76. The second-order valence-corrected chi connectivity index (χ2v) is 6.85. The van der Waals surface area contributed by atoms with E-state index in [-0.39, 0.29) is 17.4 Å². The Balaban J connectivity index is 2.10. The summed E-state index contributed by atoms with van der Waals surface area (Å²) in [4.78, 5) is 13.1. The lowest BCUT2D eigenvalue weighted by molar-refractivity contribution is 0.0857. The number of nitrogens with two attached hydrogens (primary N) is 1. The van der Waals surface area contributed by atoms with Gasteiger partial charge in [0.05, 0.1) is 6.54 Å². The van der Waals surface area contributed by atoms with Gasteiger partial charge in [-0.05, 0) is 29.7 Å². The summed E-state index contributed by atoms with van der Waals surface area (Å²) in [5, 5.41) is 5.11. The van der Waals surface area contributed by atoms with Crippen molar-refractivity contribution in [2.75, 3.05) is 6.54 Å². The van der Waals surface area contributed by atoms with E-state index < -0.39 is 0 Å². The maximum absolute atomic E-state index is 12.4. The van der Waals surface area contributed by atoms with Gasteiger partial charge in [-0.3, -0.25) is 4.79 Å². The molecule has 1 aliphatic rings. The van der Waals surface area contributed by atoms with Crippen molar-refractivity contribution in [1.29, 1.82) is 0 Å². The van der Waals surface area contributed by atoms with Gasteiger partial charge in [0.25, 0.3) is 5.91 Å². The van der Waals surface area contributed by atoms with Gasteiger partial charge < -0.3 is 11.1 Å². The molecule has 0 spiro atoms. The fourth-order valence-corrected chi connectivity index (χ4v) is 3.47. The molecule has 3 N–H and O–H groups in total. The van der Waals surface area contributed by atoms with E-state index in [4.69, 9.17) is 5.73 Å². The molecule has 0 aliphatic heterocycles. The van der Waals surface area contributed by atoms with Crippen molar-refractivity contribution in [3.05, 3.63) is 21.9 Å². The second-order valence-electron chi connectivity index (χ2n) is 5.93. The zero-order valence-electron chi connectivity index (χ0n) is 12.2. The molecule has 0 saturated heterocycles. The summed E-state index contributed by atoms with van der Waals surface area (Å²) in [6.07, 6.45) is 4.68. The molecule has 3 nitrogen and oxygen atoms in total. The average Bonchev–Trinajstić information content (AvgIpc) is 2.87. The summed E-state index contributed by atoms with van der Waals surface area (Å²) < 4.78 is 0. The van der Waals surface area contributed by atoms with Gasteiger partial charge >= 0.3 is 0 Å². The van der Waals surface area contributed by atoms with Crippen LogP contribution in [-0.2, 0) is 0 Å². The summed E-state index contributed by atoms with van der Waals surface area (Å²) in [6.45, 7) is 4.79. The largest absolute Gasteiger partial charge is 0.348 e. The number of hydrogen-bond donors (Lipinski definition) is 2. The van der Waals surface area contributed by atoms with Crippen LogP contribution in [-0.4, -0.2) is 18.5 Å². The first-order valence-corrected chi connectivity index (χ1v) is 8.00. The SMILES string of the molecule is CC1(C)CCCCC1NC(=O)c1sccc1C#CCN. The molecule has 0 radical (unpaired) electrons. The molecule has 1 saturated carbocycles. The van der Waals surface area contributed by atoms with Gasteiger partial charge in [-0.2, -0.15) is 0 Å². The Morgan fingerprint density at radius 1 is 1.55 bits per heavy atom. The first-order valence-electron chi connectivity index (χ1n) is 7.12. The Kier molecular flexibility index (Phi) is 4.85. The van der Waals surface area contributed by atoms with Gasteiger partial charge in [0, 0.05) is 11.6 Å². The molecule has 1 heterocycles. The zero-order valence-corrected chi connectivity index (χ0v) is 13.0. The summed E-state index contributed by atoms with van der Waals surface area (Å²) in [7, 11) is 0. The normalized spacial score (nSPS) is 20.9. The molecule has 1 atom stereocenters. The number of nitrogens with one attached hydrogen (secondary N) is 1. The van der Waals surface area contributed by atoms with E-state index in [2.05, 4.69) is 31.0 Å². The summed E-state index contributed by atoms with van der Waals surface area (Å²) in [5.41, 5.74) is 6.34. The average molecular weight is 290 g/mol. The third-order valence-corrected chi connectivity index (χ3v) is 4.92. The molecule has 4 heteroatoms. The number of hydrogen-bond acceptors (Lipinski definition) is 3. The van der Waals surface area contributed by atoms with E-state index >= 15 is 0 Å². The van der Waals surface area contributed by atoms with Crippen LogP contribution in [0.15, 0.2) is 11.4 Å². The Morgan fingerprint density at radius 3 is 3.05 bits per heavy atom. The van der Waals surface area contributed by atoms with Crippen molar-refractivity contribution in [2.24, 2.45) is 11.1 Å². The highest BCUT2D eigenvalue weighted by Gasteiger charge is 2.33. The first kappa shape index (κ1) is 15.1. The van der Waals surface area contributed by atoms with E-state index in [0.717, 1.165) is 12.0 Å². The van der Waals surface area contributed by atoms with Crippen molar-refractivity contribution in [2.45, 2.75) is 45.6 Å². The van der Waals surface area contributed by atoms with Crippen LogP contribution in [0.5, 0.6) is 0 Å². The van der Waals surface area contributed by atoms with E-state index in [0.29, 0.717) is 11.4 Å². The molecule has 20 heavy (non-hydrogen) atoms. The monoisotopic (exact) mass is 290 g/mol. The predicted molar refractivity (Wildman–Crippen MR) is 83.8 cm³/mol. The van der Waals surface area contributed by atoms with Gasteiger partial charge in [-0.15, -0.1) is 11.3 Å². The van der Waals surface area contributed by atoms with Gasteiger partial charge in [0.1, 0.15) is 4.88 Å². The third kappa shape index (κ3) is 3.41. The Bertz CT molecular complexity index is 536. The summed E-state index contributed by atoms with van der Waals surface area (Å²) >= 11 is 1.44. The standard InChI is InChI=1S/C16H22N2OS/c1-16(2)9-4-3-7-13(16)18-15(19)14-12(6-5-10-17)8-11-20-14/h8,11,13H,3-4,7,9-10,17H2,1-2H3,(H,18,19). The topological polar surface area (TPSA) is 55.1 Å². The van der Waals surface area contributed by atoms with E-state index in [1.807, 2.05) is 11.4 Å². The zero-order chi connectivity index (χ0) is 14.6. The minimum absolute atomic E-state index is 0.00120. The molecule has 1 amide bonds. The van der Waals surface area contributed by atoms with Crippen molar-refractivity contribution < 1.29 is 4.79 Å². The number of rotatable bonds is 2. The first-order chi connectivity index (χ1) is 9.54. The van der Waals surface area contributed by atoms with Gasteiger partial charge in [0.2, 0.25) is 0 Å². The Hall–Kier alpha value is -1.31. The highest BCUT2D eigenvalue weighted by atomic mass is 32.1.